The lowest BCUT2D eigenvalue weighted by atomic mass is 10.1. The first kappa shape index (κ1) is 12.9. The van der Waals surface area contributed by atoms with Gasteiger partial charge in [0.1, 0.15) is 0 Å². The number of carbonyl (C=O) groups excluding carboxylic acids is 1. The van der Waals surface area contributed by atoms with Gasteiger partial charge in [0.25, 0.3) is 5.91 Å². The molecule has 1 saturated heterocycles. The highest BCUT2D eigenvalue weighted by molar-refractivity contribution is 5.96. The number of nitrogens with one attached hydrogen (secondary N) is 1. The number of hydrogen-bond donors (Lipinski definition) is 2. The normalized spacial score (nSPS) is 21.2. The Morgan fingerprint density at radius 1 is 1.40 bits per heavy atom. The molecule has 0 bridgehead atoms. The molecule has 1 amide bonds. The zero-order chi connectivity index (χ0) is 14.1. The molecule has 0 radical (unpaired) electrons. The molecule has 1 aromatic rings. The molecule has 1 fully saturated rings. The first-order valence-corrected chi connectivity index (χ1v) is 6.65. The van der Waals surface area contributed by atoms with Gasteiger partial charge >= 0.3 is 5.97 Å². The monoisotopic (exact) mass is 276 g/mol. The predicted octanol–water partition coefficient (Wildman–Crippen LogP) is 0.580. The number of ether oxygens (including phenoxy) is 1. The number of nitrogens with zero attached hydrogens (tertiary/aromatic N) is 1. The van der Waals surface area contributed by atoms with Crippen molar-refractivity contribution in [1.82, 2.24) is 4.90 Å². The summed E-state index contributed by atoms with van der Waals surface area (Å²) in [4.78, 5) is 24.9. The zero-order valence-electron chi connectivity index (χ0n) is 11.0. The first-order chi connectivity index (χ1) is 9.65. The van der Waals surface area contributed by atoms with E-state index in [0.717, 1.165) is 18.7 Å². The summed E-state index contributed by atoms with van der Waals surface area (Å²) in [5, 5.41) is 12.2. The molecule has 1 atom stereocenters. The molecule has 6 nitrogen and oxygen atoms in total. The van der Waals surface area contributed by atoms with E-state index in [4.69, 9.17) is 9.84 Å². The van der Waals surface area contributed by atoms with E-state index < -0.39 is 12.1 Å². The molecule has 3 rings (SSSR count). The lowest BCUT2D eigenvalue weighted by Crippen LogP contribution is -2.48. The van der Waals surface area contributed by atoms with Crippen LogP contribution in [0.1, 0.15) is 15.9 Å². The van der Waals surface area contributed by atoms with Crippen LogP contribution in [-0.2, 0) is 16.0 Å². The Bertz CT molecular complexity index is 558. The highest BCUT2D eigenvalue weighted by Gasteiger charge is 2.29. The Balaban J connectivity index is 1.76. The van der Waals surface area contributed by atoms with E-state index in [2.05, 4.69) is 5.32 Å². The first-order valence-electron chi connectivity index (χ1n) is 6.65. The van der Waals surface area contributed by atoms with Crippen molar-refractivity contribution < 1.29 is 19.4 Å². The van der Waals surface area contributed by atoms with Crippen LogP contribution in [0.25, 0.3) is 0 Å². The molecule has 0 spiro atoms. The number of carboxylic acids is 1. The fourth-order valence-corrected chi connectivity index (χ4v) is 2.59. The summed E-state index contributed by atoms with van der Waals surface area (Å²) in [5.74, 6) is -1.17. The average Bonchev–Trinajstić information content (AvgIpc) is 2.94. The van der Waals surface area contributed by atoms with Gasteiger partial charge in [0, 0.05) is 24.3 Å². The molecule has 0 saturated carbocycles. The predicted molar refractivity (Wildman–Crippen MR) is 71.9 cm³/mol. The van der Waals surface area contributed by atoms with Gasteiger partial charge in [-0.1, -0.05) is 6.07 Å². The van der Waals surface area contributed by atoms with Gasteiger partial charge in [0.15, 0.2) is 6.10 Å². The van der Waals surface area contributed by atoms with Gasteiger partial charge in [-0.2, -0.15) is 0 Å². The summed E-state index contributed by atoms with van der Waals surface area (Å²) in [7, 11) is 0. The molecular formula is C14H16N2O4. The van der Waals surface area contributed by atoms with Crippen LogP contribution in [0, 0.1) is 0 Å². The smallest absolute Gasteiger partial charge is 0.334 e. The van der Waals surface area contributed by atoms with Gasteiger partial charge in [0.2, 0.25) is 0 Å². The standard InChI is InChI=1S/C14H16N2O4/c17-13(16-5-6-20-12(8-16)14(18)19)10-2-1-9-3-4-15-11(9)7-10/h1-2,7,12,15H,3-6,8H2,(H,18,19). The van der Waals surface area contributed by atoms with Crippen molar-refractivity contribution in [1.29, 1.82) is 0 Å². The molecule has 20 heavy (non-hydrogen) atoms. The van der Waals surface area contributed by atoms with Crippen molar-refractivity contribution >= 4 is 17.6 Å². The van der Waals surface area contributed by atoms with Crippen LogP contribution >= 0.6 is 0 Å². The van der Waals surface area contributed by atoms with Gasteiger partial charge in [0.05, 0.1) is 13.2 Å². The second-order valence-electron chi connectivity index (χ2n) is 5.00. The lowest BCUT2D eigenvalue weighted by Gasteiger charge is -2.31. The third-order valence-electron chi connectivity index (χ3n) is 3.70. The number of fused-ring (bicyclic) bond motifs is 1. The fourth-order valence-electron chi connectivity index (χ4n) is 2.59. The van der Waals surface area contributed by atoms with E-state index in [1.54, 1.807) is 11.0 Å². The largest absolute Gasteiger partial charge is 0.479 e. The van der Waals surface area contributed by atoms with Crippen molar-refractivity contribution in [3.63, 3.8) is 0 Å². The van der Waals surface area contributed by atoms with E-state index in [-0.39, 0.29) is 19.1 Å². The second-order valence-corrected chi connectivity index (χ2v) is 5.00. The van der Waals surface area contributed by atoms with Crippen molar-refractivity contribution in [2.45, 2.75) is 12.5 Å². The molecule has 1 aromatic carbocycles. The third kappa shape index (κ3) is 2.34. The number of benzene rings is 1. The Labute approximate surface area is 116 Å². The Morgan fingerprint density at radius 2 is 2.25 bits per heavy atom. The fraction of sp³-hybridized carbons (Fsp3) is 0.429. The Kier molecular flexibility index (Phi) is 3.31. The number of amides is 1. The van der Waals surface area contributed by atoms with Crippen LogP contribution in [0.4, 0.5) is 5.69 Å². The third-order valence-corrected chi connectivity index (χ3v) is 3.70. The topological polar surface area (TPSA) is 78.9 Å². The van der Waals surface area contributed by atoms with Gasteiger partial charge in [-0.15, -0.1) is 0 Å². The maximum atomic E-state index is 12.4. The zero-order valence-corrected chi connectivity index (χ0v) is 11.0. The molecule has 2 aliphatic rings. The minimum Gasteiger partial charge on any atom is -0.479 e. The van der Waals surface area contributed by atoms with E-state index in [9.17, 15) is 9.59 Å². The quantitative estimate of drug-likeness (QED) is 0.826. The van der Waals surface area contributed by atoms with Crippen LogP contribution in [0.5, 0.6) is 0 Å². The van der Waals surface area contributed by atoms with Gasteiger partial charge in [-0.25, -0.2) is 4.79 Å². The molecule has 1 unspecified atom stereocenters. The molecular weight excluding hydrogens is 260 g/mol. The second kappa shape index (κ2) is 5.13. The highest BCUT2D eigenvalue weighted by atomic mass is 16.5. The number of aliphatic carboxylic acids is 1. The number of anilines is 1. The van der Waals surface area contributed by atoms with Gasteiger partial charge < -0.3 is 20.1 Å². The summed E-state index contributed by atoms with van der Waals surface area (Å²) < 4.78 is 5.12. The summed E-state index contributed by atoms with van der Waals surface area (Å²) in [6.07, 6.45) is 0.0443. The average molecular weight is 276 g/mol. The van der Waals surface area contributed by atoms with Crippen molar-refractivity contribution in [3.05, 3.63) is 29.3 Å². The summed E-state index contributed by atoms with van der Waals surface area (Å²) in [5.41, 5.74) is 2.80. The summed E-state index contributed by atoms with van der Waals surface area (Å²) in [6.45, 7) is 1.67. The number of carboxylic acid groups (broad SMARTS) is 1. The van der Waals surface area contributed by atoms with Crippen LogP contribution in [0.15, 0.2) is 18.2 Å². The minimum atomic E-state index is -1.03. The van der Waals surface area contributed by atoms with Crippen LogP contribution in [-0.4, -0.2) is 54.2 Å². The Morgan fingerprint density at radius 3 is 3.05 bits per heavy atom. The van der Waals surface area contributed by atoms with E-state index in [1.807, 2.05) is 12.1 Å². The number of morpholine rings is 1. The van der Waals surface area contributed by atoms with Crippen molar-refractivity contribution in [3.8, 4) is 0 Å². The Hall–Kier alpha value is -2.08. The van der Waals surface area contributed by atoms with Crippen molar-refractivity contribution in [2.75, 3.05) is 31.6 Å². The molecule has 0 aliphatic carbocycles. The van der Waals surface area contributed by atoms with Gasteiger partial charge in [-0.3, -0.25) is 4.79 Å². The number of hydrogen-bond acceptors (Lipinski definition) is 4. The molecule has 106 valence electrons. The molecule has 2 heterocycles. The highest BCUT2D eigenvalue weighted by Crippen LogP contribution is 2.24. The molecule has 2 N–H and O–H groups in total. The summed E-state index contributed by atoms with van der Waals surface area (Å²) in [6, 6.07) is 5.60. The van der Waals surface area contributed by atoms with E-state index in [0.29, 0.717) is 12.1 Å². The van der Waals surface area contributed by atoms with E-state index >= 15 is 0 Å². The maximum Gasteiger partial charge on any atom is 0.334 e. The summed E-state index contributed by atoms with van der Waals surface area (Å²) >= 11 is 0. The lowest BCUT2D eigenvalue weighted by molar-refractivity contribution is -0.154. The minimum absolute atomic E-state index is 0.0959. The van der Waals surface area contributed by atoms with Gasteiger partial charge in [-0.05, 0) is 24.1 Å². The maximum absolute atomic E-state index is 12.4. The molecule has 0 aromatic heterocycles. The number of carbonyl (C=O) groups is 2. The van der Waals surface area contributed by atoms with Crippen LogP contribution in [0.2, 0.25) is 0 Å². The van der Waals surface area contributed by atoms with Crippen LogP contribution in [0.3, 0.4) is 0 Å². The van der Waals surface area contributed by atoms with Crippen LogP contribution < -0.4 is 5.32 Å². The molecule has 2 aliphatic heterocycles. The van der Waals surface area contributed by atoms with Crippen molar-refractivity contribution in [2.24, 2.45) is 0 Å². The number of rotatable bonds is 2. The van der Waals surface area contributed by atoms with E-state index in [1.165, 1.54) is 5.56 Å². The molecule has 6 heteroatoms. The SMILES string of the molecule is O=C(O)C1CN(C(=O)c2ccc3c(c2)NCC3)CCO1.